The SMILES string of the molecule is CCCCCCCCCCCCCCCCCCCCCCCCCCCCCCCCC(=O)OC(COC(=O)CCCCCCCCCCCCCC)COP(=O)([O-])OCC[N+](C)(C)C. The molecule has 0 radical (unpaired) electrons. The molecule has 0 spiro atoms. The molecule has 66 heavy (non-hydrogen) atoms. The number of carbonyl (C=O) groups excluding carboxylic acids is 2. The van der Waals surface area contributed by atoms with E-state index in [1.807, 2.05) is 21.1 Å². The van der Waals surface area contributed by atoms with Crippen LogP contribution < -0.4 is 4.89 Å². The lowest BCUT2D eigenvalue weighted by Gasteiger charge is -2.28. The van der Waals surface area contributed by atoms with Crippen molar-refractivity contribution in [3.63, 3.8) is 0 Å². The molecular weight excluding hydrogens is 846 g/mol. The average molecular weight is 958 g/mol. The summed E-state index contributed by atoms with van der Waals surface area (Å²) < 4.78 is 34.1. The van der Waals surface area contributed by atoms with Crippen molar-refractivity contribution in [3.8, 4) is 0 Å². The van der Waals surface area contributed by atoms with E-state index in [4.69, 9.17) is 18.5 Å². The quantitative estimate of drug-likeness (QED) is 0.0256. The first-order chi connectivity index (χ1) is 32.0. The molecule has 0 heterocycles. The largest absolute Gasteiger partial charge is 0.756 e. The van der Waals surface area contributed by atoms with Gasteiger partial charge in [0.05, 0.1) is 27.7 Å². The number of carbonyl (C=O) groups is 2. The highest BCUT2D eigenvalue weighted by molar-refractivity contribution is 7.45. The van der Waals surface area contributed by atoms with Crippen LogP contribution in [0.1, 0.15) is 296 Å². The molecule has 0 aromatic heterocycles. The Hall–Kier alpha value is -0.990. The van der Waals surface area contributed by atoms with Gasteiger partial charge in [0.2, 0.25) is 0 Å². The van der Waals surface area contributed by atoms with Gasteiger partial charge >= 0.3 is 11.9 Å². The van der Waals surface area contributed by atoms with E-state index in [0.717, 1.165) is 32.1 Å². The normalized spacial score (nSPS) is 13.2. The van der Waals surface area contributed by atoms with Crippen molar-refractivity contribution in [3.05, 3.63) is 0 Å². The first kappa shape index (κ1) is 65.0. The van der Waals surface area contributed by atoms with Gasteiger partial charge in [-0.3, -0.25) is 14.2 Å². The van der Waals surface area contributed by atoms with Crippen molar-refractivity contribution in [1.82, 2.24) is 0 Å². The molecule has 0 saturated heterocycles. The van der Waals surface area contributed by atoms with Crippen molar-refractivity contribution in [2.75, 3.05) is 47.5 Å². The fourth-order valence-corrected chi connectivity index (χ4v) is 9.39. The molecule has 0 bridgehead atoms. The lowest BCUT2D eigenvalue weighted by Crippen LogP contribution is -2.37. The van der Waals surface area contributed by atoms with Crippen LogP contribution in [-0.4, -0.2) is 70.0 Å². The smallest absolute Gasteiger partial charge is 0.306 e. The van der Waals surface area contributed by atoms with Crippen LogP contribution >= 0.6 is 7.82 Å². The highest BCUT2D eigenvalue weighted by Gasteiger charge is 2.22. The van der Waals surface area contributed by atoms with Crippen LogP contribution in [0.2, 0.25) is 0 Å². The summed E-state index contributed by atoms with van der Waals surface area (Å²) in [7, 11) is 1.19. The van der Waals surface area contributed by atoms with Gasteiger partial charge in [-0.25, -0.2) is 0 Å². The molecular formula is C56H112NO8P. The molecule has 394 valence electrons. The van der Waals surface area contributed by atoms with Crippen LogP contribution in [0.4, 0.5) is 0 Å². The molecule has 0 fully saturated rings. The Morgan fingerprint density at radius 3 is 0.970 bits per heavy atom. The molecule has 0 aliphatic carbocycles. The third kappa shape index (κ3) is 52.4. The Labute approximate surface area is 410 Å². The topological polar surface area (TPSA) is 111 Å². The minimum absolute atomic E-state index is 0.0253. The highest BCUT2D eigenvalue weighted by Crippen LogP contribution is 2.38. The van der Waals surface area contributed by atoms with Crippen LogP contribution in [0.15, 0.2) is 0 Å². The summed E-state index contributed by atoms with van der Waals surface area (Å²) in [4.78, 5) is 37.7. The number of hydrogen-bond acceptors (Lipinski definition) is 8. The summed E-state index contributed by atoms with van der Waals surface area (Å²) in [6.07, 6.45) is 54.5. The Morgan fingerprint density at radius 1 is 0.409 bits per heavy atom. The molecule has 9 nitrogen and oxygen atoms in total. The summed E-state index contributed by atoms with van der Waals surface area (Å²) in [6.45, 7) is 4.29. The zero-order valence-electron chi connectivity index (χ0n) is 44.7. The summed E-state index contributed by atoms with van der Waals surface area (Å²) >= 11 is 0. The van der Waals surface area contributed by atoms with E-state index < -0.39 is 26.5 Å². The number of hydrogen-bond donors (Lipinski definition) is 0. The monoisotopic (exact) mass is 958 g/mol. The Kier molecular flexibility index (Phi) is 48.3. The number of quaternary nitrogens is 1. The number of likely N-dealkylation sites (N-methyl/N-ethyl adjacent to an activating group) is 1. The average Bonchev–Trinajstić information content (AvgIpc) is 3.27. The van der Waals surface area contributed by atoms with Gasteiger partial charge in [-0.2, -0.15) is 0 Å². The molecule has 2 unspecified atom stereocenters. The molecule has 0 saturated carbocycles. The van der Waals surface area contributed by atoms with Crippen molar-refractivity contribution >= 4 is 19.8 Å². The number of esters is 2. The van der Waals surface area contributed by atoms with Crippen LogP contribution in [0.25, 0.3) is 0 Å². The van der Waals surface area contributed by atoms with Crippen molar-refractivity contribution in [1.29, 1.82) is 0 Å². The second kappa shape index (κ2) is 49.0. The van der Waals surface area contributed by atoms with Gasteiger partial charge in [-0.05, 0) is 12.8 Å². The maximum atomic E-state index is 12.8. The predicted molar refractivity (Wildman–Crippen MR) is 278 cm³/mol. The van der Waals surface area contributed by atoms with E-state index in [2.05, 4.69) is 13.8 Å². The molecule has 0 aliphatic heterocycles. The summed E-state index contributed by atoms with van der Waals surface area (Å²) in [5.41, 5.74) is 0. The standard InChI is InChI=1S/C56H112NO8P/c1-6-8-10-12-14-16-18-20-21-22-23-24-25-26-27-28-29-30-31-32-33-34-35-36-37-39-41-43-45-47-49-56(59)65-54(53-64-66(60,61)63-51-50-57(3,4)5)52-62-55(58)48-46-44-42-40-38-19-17-15-13-11-9-7-2/h54H,6-53H2,1-5H3. The number of phosphoric ester groups is 1. The van der Waals surface area contributed by atoms with Gasteiger partial charge in [-0.1, -0.05) is 271 Å². The van der Waals surface area contributed by atoms with Gasteiger partial charge in [0, 0.05) is 12.8 Å². The van der Waals surface area contributed by atoms with E-state index >= 15 is 0 Å². The third-order valence-corrected chi connectivity index (χ3v) is 14.1. The Bertz CT molecular complexity index is 1080. The lowest BCUT2D eigenvalue weighted by molar-refractivity contribution is -0.870. The van der Waals surface area contributed by atoms with Crippen LogP contribution in [0.3, 0.4) is 0 Å². The number of nitrogens with zero attached hydrogens (tertiary/aromatic N) is 1. The Morgan fingerprint density at radius 2 is 0.682 bits per heavy atom. The zero-order valence-corrected chi connectivity index (χ0v) is 45.6. The van der Waals surface area contributed by atoms with Crippen LogP contribution in [-0.2, 0) is 32.7 Å². The van der Waals surface area contributed by atoms with Gasteiger partial charge in [-0.15, -0.1) is 0 Å². The molecule has 0 N–H and O–H groups in total. The molecule has 0 rings (SSSR count). The van der Waals surface area contributed by atoms with Gasteiger partial charge in [0.25, 0.3) is 7.82 Å². The van der Waals surface area contributed by atoms with E-state index in [1.165, 1.54) is 231 Å². The van der Waals surface area contributed by atoms with E-state index in [0.29, 0.717) is 17.4 Å². The number of ether oxygens (including phenoxy) is 2. The van der Waals surface area contributed by atoms with E-state index in [9.17, 15) is 19.0 Å². The number of phosphoric acid groups is 1. The summed E-state index contributed by atoms with van der Waals surface area (Å²) in [6, 6.07) is 0. The summed E-state index contributed by atoms with van der Waals surface area (Å²) in [5.74, 6) is -0.814. The van der Waals surface area contributed by atoms with Gasteiger partial charge in [0.1, 0.15) is 19.8 Å². The third-order valence-electron chi connectivity index (χ3n) is 13.1. The highest BCUT2D eigenvalue weighted by atomic mass is 31.2. The molecule has 0 aromatic rings. The van der Waals surface area contributed by atoms with Crippen LogP contribution in [0.5, 0.6) is 0 Å². The maximum absolute atomic E-state index is 12.8. The van der Waals surface area contributed by atoms with Gasteiger partial charge < -0.3 is 27.9 Å². The van der Waals surface area contributed by atoms with Crippen molar-refractivity contribution in [2.45, 2.75) is 302 Å². The van der Waals surface area contributed by atoms with Crippen molar-refractivity contribution in [2.24, 2.45) is 0 Å². The molecule has 0 aliphatic rings. The van der Waals surface area contributed by atoms with Crippen molar-refractivity contribution < 1.29 is 42.1 Å². The fourth-order valence-electron chi connectivity index (χ4n) is 8.66. The fraction of sp³-hybridized carbons (Fsp3) is 0.964. The van der Waals surface area contributed by atoms with Crippen LogP contribution in [0, 0.1) is 0 Å². The second-order valence-electron chi connectivity index (χ2n) is 21.0. The zero-order chi connectivity index (χ0) is 48.5. The minimum Gasteiger partial charge on any atom is -0.756 e. The molecule has 0 aromatic carbocycles. The number of rotatable bonds is 54. The first-order valence-corrected chi connectivity index (χ1v) is 30.2. The molecule has 10 heteroatoms. The minimum atomic E-state index is -4.62. The second-order valence-corrected chi connectivity index (χ2v) is 22.4. The Balaban J connectivity index is 3.97. The number of unbranched alkanes of at least 4 members (excludes halogenated alkanes) is 40. The van der Waals surface area contributed by atoms with E-state index in [-0.39, 0.29) is 32.0 Å². The maximum Gasteiger partial charge on any atom is 0.306 e. The van der Waals surface area contributed by atoms with E-state index in [1.54, 1.807) is 0 Å². The predicted octanol–water partition coefficient (Wildman–Crippen LogP) is 16.9. The lowest BCUT2D eigenvalue weighted by atomic mass is 10.0. The van der Waals surface area contributed by atoms with Gasteiger partial charge in [0.15, 0.2) is 6.10 Å². The molecule has 0 amide bonds. The summed E-state index contributed by atoms with van der Waals surface area (Å²) in [5, 5.41) is 0. The first-order valence-electron chi connectivity index (χ1n) is 28.7. The molecule has 2 atom stereocenters.